The van der Waals surface area contributed by atoms with Crippen LogP contribution in [0.15, 0.2) is 70.1 Å². The van der Waals surface area contributed by atoms with Gasteiger partial charge in [0, 0.05) is 116 Å². The first-order valence-corrected chi connectivity index (χ1v) is 27.4. The summed E-state index contributed by atoms with van der Waals surface area (Å²) in [7, 11) is 4.01. The Balaban J connectivity index is 0.000000978. The zero-order chi connectivity index (χ0) is 44.3. The molecule has 2 N–H and O–H groups in total. The van der Waals surface area contributed by atoms with Crippen LogP contribution >= 0.6 is 93.1 Å². The largest absolute Gasteiger partial charge is 1.00 e. The molecule has 6 aromatic rings. The Hall–Kier alpha value is -1.60. The monoisotopic (exact) mass is 1350 g/mol. The molecule has 12 nitrogen and oxygen atoms in total. The number of carboxylic acid groups (broad SMARTS) is 2. The van der Waals surface area contributed by atoms with E-state index in [1.54, 1.807) is 57.7 Å². The number of carbonyl (C=O) groups excluding carboxylic acids is 2. The molecular weight excluding hydrogens is 1300 g/mol. The molecule has 4 heterocycles. The fraction of sp³-hybridized carbons (Fsp3) is 0.413. The van der Waals surface area contributed by atoms with Gasteiger partial charge in [0.2, 0.25) is 0 Å². The number of aliphatic carboxylic acids is 1. The Morgan fingerprint density at radius 3 is 1.30 bits per heavy atom. The average Bonchev–Trinajstić information content (AvgIpc) is 4.03. The van der Waals surface area contributed by atoms with Gasteiger partial charge in [0.05, 0.1) is 25.9 Å². The second-order valence-corrected chi connectivity index (χ2v) is 16.8. The number of aromatic nitrogens is 6. The van der Waals surface area contributed by atoms with Crippen LogP contribution in [-0.4, -0.2) is 63.1 Å². The van der Waals surface area contributed by atoms with Gasteiger partial charge in [0.15, 0.2) is 17.4 Å². The SMILES string of the molecule is C.C.CC(=O)[O-].CC(=O)c1ccc2c(C3CCCC3)c(-c3ncc(Br)cn3)n(C)c2c1.CC(C)O.Cn1c(-c2ncc(Br)cn2)c(C2CCCC2)c2ccc(C(=O)O)cc21.I.II.[Na+]. The first-order chi connectivity index (χ1) is 28.6. The smallest absolute Gasteiger partial charge is 0.550 e. The van der Waals surface area contributed by atoms with Crippen molar-refractivity contribution in [3.63, 3.8) is 0 Å². The Kier molecular flexibility index (Phi) is 29.3. The van der Waals surface area contributed by atoms with E-state index in [0.717, 1.165) is 67.9 Å². The molecule has 2 fully saturated rings. The predicted molar refractivity (Wildman–Crippen MR) is 288 cm³/mol. The van der Waals surface area contributed by atoms with Crippen molar-refractivity contribution in [2.75, 3.05) is 0 Å². The van der Waals surface area contributed by atoms with Crippen molar-refractivity contribution in [2.24, 2.45) is 14.1 Å². The number of fused-ring (bicyclic) bond motifs is 2. The molecule has 2 aliphatic carbocycles. The average molecular weight is 1350 g/mol. The van der Waals surface area contributed by atoms with E-state index < -0.39 is 11.9 Å². The molecule has 0 aliphatic heterocycles. The molecule has 4 aromatic heterocycles. The third-order valence-corrected chi connectivity index (χ3v) is 11.1. The summed E-state index contributed by atoms with van der Waals surface area (Å²) in [4.78, 5) is 50.2. The minimum Gasteiger partial charge on any atom is -0.550 e. The first kappa shape index (κ1) is 62.4. The van der Waals surface area contributed by atoms with Gasteiger partial charge in [0.1, 0.15) is 0 Å². The van der Waals surface area contributed by atoms with Crippen LogP contribution in [0.25, 0.3) is 44.8 Å². The van der Waals surface area contributed by atoms with Crippen molar-refractivity contribution in [2.45, 2.75) is 112 Å². The molecule has 8 rings (SSSR count). The van der Waals surface area contributed by atoms with Crippen molar-refractivity contribution in [1.29, 1.82) is 0 Å². The summed E-state index contributed by atoms with van der Waals surface area (Å²) in [6.45, 7) is 6.03. The van der Waals surface area contributed by atoms with E-state index in [0.29, 0.717) is 23.2 Å². The number of aliphatic hydroxyl groups is 1. The van der Waals surface area contributed by atoms with Gasteiger partial charge in [-0.25, -0.2) is 24.7 Å². The van der Waals surface area contributed by atoms with Crippen LogP contribution in [0.1, 0.15) is 138 Å². The van der Waals surface area contributed by atoms with Crippen molar-refractivity contribution in [3.05, 3.63) is 92.4 Å². The molecule has 2 saturated carbocycles. The number of hydrogen-bond acceptors (Lipinski definition) is 9. The summed E-state index contributed by atoms with van der Waals surface area (Å²) < 4.78 is 5.90. The summed E-state index contributed by atoms with van der Waals surface area (Å²) >= 11 is 11.0. The topological polar surface area (TPSA) is 176 Å². The Labute approximate surface area is 456 Å². The van der Waals surface area contributed by atoms with E-state index in [1.807, 2.05) is 36.9 Å². The molecule has 0 bridgehead atoms. The molecule has 0 spiro atoms. The maximum Gasteiger partial charge on any atom is 1.00 e. The number of nitrogens with zero attached hydrogens (tertiary/aromatic N) is 6. The molecule has 2 aliphatic rings. The number of halogens is 5. The normalized spacial score (nSPS) is 12.9. The molecule has 18 heteroatoms. The van der Waals surface area contributed by atoms with Crippen molar-refractivity contribution < 1.29 is 59.3 Å². The summed E-state index contributed by atoms with van der Waals surface area (Å²) in [5, 5.41) is 28.6. The van der Waals surface area contributed by atoms with Crippen molar-refractivity contribution in [1.82, 2.24) is 29.1 Å². The zero-order valence-electron chi connectivity index (χ0n) is 35.8. The van der Waals surface area contributed by atoms with Crippen LogP contribution in [0.3, 0.4) is 0 Å². The van der Waals surface area contributed by atoms with Gasteiger partial charge in [0.25, 0.3) is 0 Å². The number of carboxylic acids is 2. The molecule has 0 saturated heterocycles. The van der Waals surface area contributed by atoms with Crippen molar-refractivity contribution in [3.8, 4) is 23.0 Å². The van der Waals surface area contributed by atoms with Crippen LogP contribution in [-0.2, 0) is 18.9 Å². The minimum absolute atomic E-state index is 0. The fourth-order valence-electron chi connectivity index (χ4n) is 7.95. The minimum atomic E-state index is -1.08. The van der Waals surface area contributed by atoms with E-state index in [-0.39, 0.29) is 80.3 Å². The number of benzene rings is 2. The van der Waals surface area contributed by atoms with E-state index in [4.69, 9.17) is 15.0 Å². The number of aromatic carboxylic acids is 1. The van der Waals surface area contributed by atoms with E-state index in [2.05, 4.69) is 99.7 Å². The van der Waals surface area contributed by atoms with E-state index in [9.17, 15) is 14.7 Å². The summed E-state index contributed by atoms with van der Waals surface area (Å²) in [5.74, 6) is 0.531. The number of aryl methyl sites for hydroxylation is 2. The zero-order valence-corrected chi connectivity index (χ0v) is 47.6. The Morgan fingerprint density at radius 2 is 1.00 bits per heavy atom. The summed E-state index contributed by atoms with van der Waals surface area (Å²) in [6, 6.07) is 11.4. The van der Waals surface area contributed by atoms with Crippen LogP contribution < -0.4 is 34.7 Å². The third-order valence-electron chi connectivity index (χ3n) is 10.3. The second kappa shape index (κ2) is 30.0. The number of hydrogen-bond donors (Lipinski definition) is 2. The Bertz CT molecular complexity index is 2250. The summed E-state index contributed by atoms with van der Waals surface area (Å²) in [5.41, 5.74) is 7.72. The van der Waals surface area contributed by atoms with Gasteiger partial charge in [-0.05, 0) is 126 Å². The maximum atomic E-state index is 11.8. The molecule has 2 aromatic carbocycles. The first-order valence-electron chi connectivity index (χ1n) is 19.5. The van der Waals surface area contributed by atoms with Crippen LogP contribution in [0.5, 0.6) is 0 Å². The van der Waals surface area contributed by atoms with Crippen molar-refractivity contribution >= 4 is 133 Å². The summed E-state index contributed by atoms with van der Waals surface area (Å²) in [6.07, 6.45) is 16.6. The van der Waals surface area contributed by atoms with E-state index in [1.165, 1.54) is 55.0 Å². The third kappa shape index (κ3) is 16.3. The molecule has 64 heavy (non-hydrogen) atoms. The molecule has 344 valence electrons. The van der Waals surface area contributed by atoms with Gasteiger partial charge in [-0.1, -0.05) is 58.7 Å². The number of rotatable bonds is 6. The number of carbonyl (C=O) groups is 3. The molecular formula is C46H58Br2I3N6NaO6. The molecule has 0 unspecified atom stereocenters. The standard InChI is InChI=1S/C20H20BrN3O.C19H18BrN3O2.C3H8O.C2H4O2.2CH4.I2.HI.Na/c1-12(25)14-7-8-16-17(9-14)24(2)19(18(16)13-5-3-4-6-13)20-22-10-15(21)11-23-20;1-23-15-8-12(19(24)25)6-7-14(15)16(11-4-2-3-5-11)17(23)18-21-9-13(20)10-22-18;1-3(2)4;1-2(3)4;;;1-2;;/h7-11,13H,3-6H2,1-2H3;6-11H,2-5H2,1H3,(H,24,25);3-4H,1-2H3;1H3,(H,3,4);2*1H4;;1H;/q;;;;;;;;+1/p-1. The van der Waals surface area contributed by atoms with Gasteiger partial charge < -0.3 is 29.2 Å². The fourth-order valence-corrected chi connectivity index (χ4v) is 8.36. The van der Waals surface area contributed by atoms with Crippen LogP contribution in [0.2, 0.25) is 0 Å². The van der Waals surface area contributed by atoms with E-state index >= 15 is 0 Å². The number of aliphatic hydroxyl groups excluding tert-OH is 1. The quantitative estimate of drug-likeness (QED) is 0.0928. The number of ketones is 1. The van der Waals surface area contributed by atoms with Gasteiger partial charge in [-0.15, -0.1) is 24.0 Å². The number of Topliss-reactive ketones (excluding diaryl/α,β-unsaturated/α-hetero) is 1. The predicted octanol–water partition coefficient (Wildman–Crippen LogP) is 9.82. The van der Waals surface area contributed by atoms with Crippen LogP contribution in [0, 0.1) is 0 Å². The van der Waals surface area contributed by atoms with Gasteiger partial charge >= 0.3 is 35.5 Å². The molecule has 0 atom stereocenters. The molecule has 0 amide bonds. The van der Waals surface area contributed by atoms with Crippen LogP contribution in [0.4, 0.5) is 0 Å². The second-order valence-electron chi connectivity index (χ2n) is 15.0. The Morgan fingerprint density at radius 1 is 0.703 bits per heavy atom. The van der Waals surface area contributed by atoms with Gasteiger partial charge in [-0.3, -0.25) is 4.79 Å². The maximum absolute atomic E-state index is 11.8. The van der Waals surface area contributed by atoms with Gasteiger partial charge in [-0.2, -0.15) is 0 Å². The molecule has 0 radical (unpaired) electrons.